The van der Waals surface area contributed by atoms with Crippen molar-refractivity contribution < 1.29 is 9.84 Å². The minimum atomic E-state index is 0.154. The summed E-state index contributed by atoms with van der Waals surface area (Å²) in [4.78, 5) is 13.3. The molecule has 0 atom stereocenters. The molecule has 0 radical (unpaired) electrons. The van der Waals surface area contributed by atoms with E-state index in [0.29, 0.717) is 40.1 Å². The first-order valence-electron chi connectivity index (χ1n) is 9.43. The Labute approximate surface area is 173 Å². The van der Waals surface area contributed by atoms with Gasteiger partial charge in [0.25, 0.3) is 0 Å². The number of nitriles is 1. The van der Waals surface area contributed by atoms with Crippen LogP contribution >= 0.6 is 0 Å². The van der Waals surface area contributed by atoms with Crippen molar-refractivity contribution in [3.8, 4) is 23.3 Å². The van der Waals surface area contributed by atoms with Gasteiger partial charge in [0.1, 0.15) is 23.6 Å². The summed E-state index contributed by atoms with van der Waals surface area (Å²) in [5.41, 5.74) is 2.61. The van der Waals surface area contributed by atoms with Crippen LogP contribution in [-0.2, 0) is 0 Å². The highest BCUT2D eigenvalue weighted by atomic mass is 16.5. The summed E-state index contributed by atoms with van der Waals surface area (Å²) in [6.07, 6.45) is 1.45. The molecule has 148 valence electrons. The summed E-state index contributed by atoms with van der Waals surface area (Å²) in [7, 11) is 0. The number of nitrogens with one attached hydrogen (secondary N) is 1. The van der Waals surface area contributed by atoms with Crippen LogP contribution in [-0.4, -0.2) is 20.1 Å². The number of aromatic hydroxyl groups is 1. The molecular weight excluding hydrogens is 378 g/mol. The van der Waals surface area contributed by atoms with Gasteiger partial charge in [0.05, 0.1) is 22.7 Å². The van der Waals surface area contributed by atoms with Crippen LogP contribution < -0.4 is 10.1 Å². The largest absolute Gasteiger partial charge is 0.508 e. The maximum atomic E-state index is 9.47. The fourth-order valence-electron chi connectivity index (χ4n) is 2.93. The number of phenols is 1. The average molecular weight is 397 g/mol. The van der Waals surface area contributed by atoms with Crippen LogP contribution in [0.4, 0.5) is 11.5 Å². The summed E-state index contributed by atoms with van der Waals surface area (Å²) < 4.78 is 5.96. The molecule has 0 aliphatic rings. The number of hydrogen-bond acceptors (Lipinski definition) is 7. The van der Waals surface area contributed by atoms with Gasteiger partial charge in [0, 0.05) is 5.69 Å². The van der Waals surface area contributed by atoms with E-state index in [1.165, 1.54) is 6.33 Å². The summed E-state index contributed by atoms with van der Waals surface area (Å²) in [5.74, 6) is 2.07. The molecule has 30 heavy (non-hydrogen) atoms. The molecule has 7 heteroatoms. The number of nitrogens with zero attached hydrogens (tertiary/aromatic N) is 4. The number of aromatic nitrogens is 3. The van der Waals surface area contributed by atoms with E-state index in [9.17, 15) is 10.4 Å². The fourth-order valence-corrected chi connectivity index (χ4v) is 2.93. The molecule has 2 aromatic heterocycles. The Kier molecular flexibility index (Phi) is 5.14. The molecule has 0 amide bonds. The molecule has 0 saturated carbocycles. The van der Waals surface area contributed by atoms with Crippen LogP contribution in [0.25, 0.3) is 11.0 Å². The van der Waals surface area contributed by atoms with Crippen molar-refractivity contribution in [3.05, 3.63) is 72.2 Å². The fraction of sp³-hybridized carbons (Fsp3) is 0.130. The van der Waals surface area contributed by atoms with Gasteiger partial charge in [0.15, 0.2) is 11.4 Å². The second-order valence-electron chi connectivity index (χ2n) is 7.03. The van der Waals surface area contributed by atoms with Crippen LogP contribution in [0, 0.1) is 11.3 Å². The van der Waals surface area contributed by atoms with Gasteiger partial charge < -0.3 is 15.2 Å². The van der Waals surface area contributed by atoms with Crippen molar-refractivity contribution >= 4 is 22.5 Å². The first-order valence-corrected chi connectivity index (χ1v) is 9.43. The van der Waals surface area contributed by atoms with E-state index in [1.54, 1.807) is 42.5 Å². The van der Waals surface area contributed by atoms with E-state index >= 15 is 0 Å². The van der Waals surface area contributed by atoms with Crippen molar-refractivity contribution in [1.29, 1.82) is 5.26 Å². The zero-order valence-electron chi connectivity index (χ0n) is 16.5. The molecule has 2 aromatic carbocycles. The Balaban J connectivity index is 1.73. The Bertz CT molecular complexity index is 1250. The van der Waals surface area contributed by atoms with Gasteiger partial charge in [-0.25, -0.2) is 15.0 Å². The average Bonchev–Trinajstić information content (AvgIpc) is 2.76. The number of rotatable bonds is 5. The lowest BCUT2D eigenvalue weighted by atomic mass is 10.1. The number of benzene rings is 2. The maximum absolute atomic E-state index is 9.47. The summed E-state index contributed by atoms with van der Waals surface area (Å²) in [6, 6.07) is 17.5. The first-order chi connectivity index (χ1) is 14.5. The molecule has 2 N–H and O–H groups in total. The molecule has 0 aliphatic heterocycles. The highest BCUT2D eigenvalue weighted by molar-refractivity contribution is 5.89. The van der Waals surface area contributed by atoms with E-state index in [1.807, 2.05) is 12.1 Å². The highest BCUT2D eigenvalue weighted by Gasteiger charge is 2.12. The SMILES string of the molecule is CC(C)c1ccc2c(Nc3cc(C#N)ccc3Oc3ccc(O)cc3)ncnc2n1. The van der Waals surface area contributed by atoms with Gasteiger partial charge >= 0.3 is 0 Å². The molecule has 4 aromatic rings. The highest BCUT2D eigenvalue weighted by Crippen LogP contribution is 2.34. The first kappa shape index (κ1) is 19.2. The lowest BCUT2D eigenvalue weighted by Crippen LogP contribution is -2.01. The maximum Gasteiger partial charge on any atom is 0.164 e. The quantitative estimate of drug-likeness (QED) is 0.473. The molecule has 0 fully saturated rings. The molecule has 0 unspecified atom stereocenters. The monoisotopic (exact) mass is 397 g/mol. The van der Waals surface area contributed by atoms with E-state index in [4.69, 9.17) is 4.74 Å². The third-order valence-electron chi connectivity index (χ3n) is 4.54. The molecule has 4 rings (SSSR count). The summed E-state index contributed by atoms with van der Waals surface area (Å²) in [5, 5.41) is 22.8. The van der Waals surface area contributed by atoms with Crippen LogP contribution in [0.2, 0.25) is 0 Å². The third-order valence-corrected chi connectivity index (χ3v) is 4.54. The normalized spacial score (nSPS) is 10.7. The number of anilines is 2. The zero-order valence-corrected chi connectivity index (χ0v) is 16.5. The molecule has 0 saturated heterocycles. The minimum absolute atomic E-state index is 0.154. The smallest absolute Gasteiger partial charge is 0.164 e. The van der Waals surface area contributed by atoms with Gasteiger partial charge in [-0.1, -0.05) is 13.8 Å². The predicted molar refractivity (Wildman–Crippen MR) is 114 cm³/mol. The Morgan fingerprint density at radius 3 is 2.57 bits per heavy atom. The number of fused-ring (bicyclic) bond motifs is 1. The van der Waals surface area contributed by atoms with Crippen molar-refractivity contribution in [2.24, 2.45) is 0 Å². The number of hydrogen-bond donors (Lipinski definition) is 2. The molecule has 0 bridgehead atoms. The van der Waals surface area contributed by atoms with E-state index < -0.39 is 0 Å². The van der Waals surface area contributed by atoms with E-state index in [0.717, 1.165) is 11.1 Å². The van der Waals surface area contributed by atoms with Gasteiger partial charge in [-0.05, 0) is 60.5 Å². The predicted octanol–water partition coefficient (Wildman–Crippen LogP) is 5.26. The lowest BCUT2D eigenvalue weighted by molar-refractivity contribution is 0.465. The molecule has 0 aliphatic carbocycles. The van der Waals surface area contributed by atoms with E-state index in [2.05, 4.69) is 40.2 Å². The topological polar surface area (TPSA) is 104 Å². The second kappa shape index (κ2) is 8.05. The Morgan fingerprint density at radius 1 is 1.03 bits per heavy atom. The van der Waals surface area contributed by atoms with Crippen molar-refractivity contribution in [1.82, 2.24) is 15.0 Å². The lowest BCUT2D eigenvalue weighted by Gasteiger charge is -2.14. The van der Waals surface area contributed by atoms with Crippen LogP contribution in [0.5, 0.6) is 17.2 Å². The van der Waals surface area contributed by atoms with Gasteiger partial charge in [-0.3, -0.25) is 0 Å². The van der Waals surface area contributed by atoms with Crippen molar-refractivity contribution in [2.45, 2.75) is 19.8 Å². The third kappa shape index (κ3) is 3.98. The van der Waals surface area contributed by atoms with Crippen LogP contribution in [0.15, 0.2) is 60.9 Å². The van der Waals surface area contributed by atoms with Gasteiger partial charge in [0.2, 0.25) is 0 Å². The van der Waals surface area contributed by atoms with E-state index in [-0.39, 0.29) is 5.75 Å². The molecule has 0 spiro atoms. The van der Waals surface area contributed by atoms with Crippen LogP contribution in [0.1, 0.15) is 31.0 Å². The summed E-state index contributed by atoms with van der Waals surface area (Å²) >= 11 is 0. The standard InChI is InChI=1S/C23H19N5O2/c1-14(2)19-9-8-18-22(27-19)25-13-26-23(18)28-20-11-15(12-24)3-10-21(20)30-17-6-4-16(29)5-7-17/h3-11,13-14,29H,1-2H3,(H,25,26,27,28). The number of ether oxygens (including phenoxy) is 1. The molecule has 7 nitrogen and oxygen atoms in total. The number of pyridine rings is 1. The number of phenolic OH excluding ortho intramolecular Hbond substituents is 1. The molecule has 2 heterocycles. The Hall–Kier alpha value is -4.18. The van der Waals surface area contributed by atoms with Crippen molar-refractivity contribution in [3.63, 3.8) is 0 Å². The minimum Gasteiger partial charge on any atom is -0.508 e. The second-order valence-corrected chi connectivity index (χ2v) is 7.03. The Morgan fingerprint density at radius 2 is 1.83 bits per heavy atom. The summed E-state index contributed by atoms with van der Waals surface area (Å²) in [6.45, 7) is 4.16. The van der Waals surface area contributed by atoms with Gasteiger partial charge in [-0.2, -0.15) is 5.26 Å². The van der Waals surface area contributed by atoms with Crippen molar-refractivity contribution in [2.75, 3.05) is 5.32 Å². The molecular formula is C23H19N5O2. The zero-order chi connectivity index (χ0) is 21.1. The van der Waals surface area contributed by atoms with Crippen LogP contribution in [0.3, 0.4) is 0 Å². The van der Waals surface area contributed by atoms with Gasteiger partial charge in [-0.15, -0.1) is 0 Å².